The summed E-state index contributed by atoms with van der Waals surface area (Å²) in [5, 5.41) is 10.3. The molecule has 4 heteroatoms. The fourth-order valence-corrected chi connectivity index (χ4v) is 4.51. The number of nitrogens with zero attached hydrogens (tertiary/aromatic N) is 2. The number of carbonyl (C=O) groups excluding carboxylic acids is 1. The van der Waals surface area contributed by atoms with E-state index in [0.29, 0.717) is 6.42 Å². The van der Waals surface area contributed by atoms with E-state index in [4.69, 9.17) is 0 Å². The van der Waals surface area contributed by atoms with Gasteiger partial charge in [-0.25, -0.2) is 9.13 Å². The summed E-state index contributed by atoms with van der Waals surface area (Å²) in [7, 11) is 0. The molecule has 1 aromatic rings. The van der Waals surface area contributed by atoms with Gasteiger partial charge >= 0.3 is 0 Å². The van der Waals surface area contributed by atoms with Crippen molar-refractivity contribution in [2.75, 3.05) is 0 Å². The highest BCUT2D eigenvalue weighted by atomic mass is 16.4. The van der Waals surface area contributed by atoms with Gasteiger partial charge in [-0.2, -0.15) is 0 Å². The molecule has 27 heavy (non-hydrogen) atoms. The van der Waals surface area contributed by atoms with Crippen LogP contribution in [0.25, 0.3) is 0 Å². The van der Waals surface area contributed by atoms with Gasteiger partial charge in [-0.05, 0) is 70.1 Å². The second-order valence-electron chi connectivity index (χ2n) is 8.46. The van der Waals surface area contributed by atoms with E-state index < -0.39 is 5.97 Å². The third-order valence-corrected chi connectivity index (χ3v) is 6.40. The van der Waals surface area contributed by atoms with E-state index in [2.05, 4.69) is 34.8 Å². The van der Waals surface area contributed by atoms with E-state index in [1.165, 1.54) is 64.2 Å². The van der Waals surface area contributed by atoms with Gasteiger partial charge < -0.3 is 9.90 Å². The molecule has 154 valence electrons. The lowest BCUT2D eigenvalue weighted by Gasteiger charge is -2.20. The van der Waals surface area contributed by atoms with Crippen molar-refractivity contribution in [3.8, 4) is 0 Å². The standard InChI is InChI=1S/C15H25N2.C8H16O2/c1-3-7-14(8-4-1)16-11-12-17(13-16)15-9-5-2-6-10-15;1-3-5-6-7(4-2)8(9)10/h11-15H,1-10H2;7H,3-6H2,1-2H3,(H,9,10)/q+1;/p-1. The van der Waals surface area contributed by atoms with Crippen LogP contribution < -0.4 is 9.67 Å². The number of aromatic nitrogens is 2. The summed E-state index contributed by atoms with van der Waals surface area (Å²) in [6.45, 7) is 3.94. The van der Waals surface area contributed by atoms with Crippen LogP contribution in [0.3, 0.4) is 0 Å². The maximum Gasteiger partial charge on any atom is 0.244 e. The minimum Gasteiger partial charge on any atom is -0.550 e. The van der Waals surface area contributed by atoms with Crippen molar-refractivity contribution in [2.45, 2.75) is 116 Å². The first kappa shape index (κ1) is 22.0. The SMILES string of the molecule is CCCCC(CC)C(=O)[O-].c1c[n+](C2CCCCC2)cn1C1CCCCC1. The highest BCUT2D eigenvalue weighted by Gasteiger charge is 2.23. The van der Waals surface area contributed by atoms with Gasteiger partial charge in [-0.1, -0.05) is 39.5 Å². The maximum atomic E-state index is 10.3. The third-order valence-electron chi connectivity index (χ3n) is 6.40. The average Bonchev–Trinajstić information content (AvgIpc) is 3.20. The molecule has 2 aliphatic rings. The summed E-state index contributed by atoms with van der Waals surface area (Å²) in [6, 6.07) is 1.57. The van der Waals surface area contributed by atoms with Crippen molar-refractivity contribution < 1.29 is 14.5 Å². The molecule has 0 radical (unpaired) electrons. The van der Waals surface area contributed by atoms with Crippen LogP contribution in [0.4, 0.5) is 0 Å². The monoisotopic (exact) mass is 376 g/mol. The molecule has 0 aromatic carbocycles. The molecule has 2 saturated carbocycles. The topological polar surface area (TPSA) is 48.9 Å². The molecule has 4 nitrogen and oxygen atoms in total. The maximum absolute atomic E-state index is 10.3. The summed E-state index contributed by atoms with van der Waals surface area (Å²) in [6.07, 6.45) is 24.7. The molecule has 0 aliphatic heterocycles. The Hall–Kier alpha value is -1.32. The fourth-order valence-electron chi connectivity index (χ4n) is 4.51. The van der Waals surface area contributed by atoms with Gasteiger partial charge in [0, 0.05) is 5.97 Å². The predicted octanol–water partition coefficient (Wildman–Crippen LogP) is 4.74. The normalized spacial score (nSPS) is 19.9. The Labute approximate surface area is 166 Å². The lowest BCUT2D eigenvalue weighted by Crippen LogP contribution is -2.38. The van der Waals surface area contributed by atoms with E-state index in [0.717, 1.165) is 31.3 Å². The molecule has 0 N–H and O–H groups in total. The van der Waals surface area contributed by atoms with Crippen LogP contribution in [0.5, 0.6) is 0 Å². The summed E-state index contributed by atoms with van der Waals surface area (Å²) in [4.78, 5) is 10.3. The van der Waals surface area contributed by atoms with Crippen molar-refractivity contribution in [3.63, 3.8) is 0 Å². The first-order valence-corrected chi connectivity index (χ1v) is 11.4. The smallest absolute Gasteiger partial charge is 0.244 e. The number of imidazole rings is 1. The van der Waals surface area contributed by atoms with Crippen LogP contribution in [0.15, 0.2) is 18.7 Å². The molecule has 0 bridgehead atoms. The lowest BCUT2D eigenvalue weighted by molar-refractivity contribution is -0.725. The summed E-state index contributed by atoms with van der Waals surface area (Å²) >= 11 is 0. The van der Waals surface area contributed by atoms with Gasteiger partial charge in [-0.15, -0.1) is 0 Å². The highest BCUT2D eigenvalue weighted by molar-refractivity contribution is 5.67. The van der Waals surface area contributed by atoms with E-state index in [-0.39, 0.29) is 5.92 Å². The van der Waals surface area contributed by atoms with Crippen LogP contribution in [0.1, 0.15) is 116 Å². The summed E-state index contributed by atoms with van der Waals surface area (Å²) in [5.74, 6) is -1.11. The number of aliphatic carboxylic acids is 1. The average molecular weight is 377 g/mol. The first-order chi connectivity index (χ1) is 13.2. The molecule has 1 atom stereocenters. The van der Waals surface area contributed by atoms with Gasteiger partial charge in [0.2, 0.25) is 6.33 Å². The van der Waals surface area contributed by atoms with Gasteiger partial charge in [-0.3, -0.25) is 0 Å². The lowest BCUT2D eigenvalue weighted by atomic mass is 9.95. The summed E-state index contributed by atoms with van der Waals surface area (Å²) in [5.41, 5.74) is 0. The fraction of sp³-hybridized carbons (Fsp3) is 0.826. The van der Waals surface area contributed by atoms with E-state index in [9.17, 15) is 9.90 Å². The Balaban J connectivity index is 0.000000227. The molecule has 1 aromatic heterocycles. The second kappa shape index (κ2) is 12.2. The molecule has 2 aliphatic carbocycles. The van der Waals surface area contributed by atoms with Crippen molar-refractivity contribution in [1.82, 2.24) is 4.57 Å². The Bertz CT molecular complexity index is 496. The number of unbranched alkanes of at least 4 members (excludes halogenated alkanes) is 1. The van der Waals surface area contributed by atoms with Crippen LogP contribution >= 0.6 is 0 Å². The molecule has 2 fully saturated rings. The van der Waals surface area contributed by atoms with Gasteiger partial charge in [0.15, 0.2) is 0 Å². The number of rotatable bonds is 7. The number of carboxylic acid groups (broad SMARTS) is 1. The second-order valence-corrected chi connectivity index (χ2v) is 8.46. The Morgan fingerprint density at radius 1 is 1.07 bits per heavy atom. The quantitative estimate of drug-likeness (QED) is 0.645. The molecule has 0 saturated heterocycles. The number of carboxylic acids is 1. The highest BCUT2D eigenvalue weighted by Crippen LogP contribution is 2.28. The van der Waals surface area contributed by atoms with Crippen LogP contribution in [0, 0.1) is 5.92 Å². The van der Waals surface area contributed by atoms with Crippen LogP contribution in [0.2, 0.25) is 0 Å². The Kier molecular flexibility index (Phi) is 9.93. The predicted molar refractivity (Wildman–Crippen MR) is 107 cm³/mol. The van der Waals surface area contributed by atoms with Gasteiger partial charge in [0.1, 0.15) is 24.5 Å². The van der Waals surface area contributed by atoms with E-state index in [1.807, 2.05) is 6.92 Å². The molecule has 3 rings (SSSR count). The number of hydrogen-bond donors (Lipinski definition) is 0. The number of hydrogen-bond acceptors (Lipinski definition) is 2. The summed E-state index contributed by atoms with van der Waals surface area (Å²) < 4.78 is 4.96. The third kappa shape index (κ3) is 7.31. The van der Waals surface area contributed by atoms with Crippen molar-refractivity contribution >= 4 is 5.97 Å². The molecular weight excluding hydrogens is 336 g/mol. The molecule has 1 heterocycles. The van der Waals surface area contributed by atoms with E-state index >= 15 is 0 Å². The molecule has 0 spiro atoms. The zero-order chi connectivity index (χ0) is 19.5. The Morgan fingerprint density at radius 3 is 2.26 bits per heavy atom. The van der Waals surface area contributed by atoms with Gasteiger partial charge in [0.25, 0.3) is 0 Å². The van der Waals surface area contributed by atoms with Gasteiger partial charge in [0.05, 0.1) is 0 Å². The van der Waals surface area contributed by atoms with Crippen LogP contribution in [-0.2, 0) is 4.79 Å². The zero-order valence-electron chi connectivity index (χ0n) is 17.6. The molecule has 0 amide bonds. The minimum absolute atomic E-state index is 0.222. The van der Waals surface area contributed by atoms with Crippen molar-refractivity contribution in [1.29, 1.82) is 0 Å². The Morgan fingerprint density at radius 2 is 1.70 bits per heavy atom. The van der Waals surface area contributed by atoms with Crippen molar-refractivity contribution in [3.05, 3.63) is 18.7 Å². The molecular formula is C23H40N2O2. The number of carbonyl (C=O) groups is 1. The minimum atomic E-state index is -0.893. The molecule has 1 unspecified atom stereocenters. The van der Waals surface area contributed by atoms with Crippen LogP contribution in [-0.4, -0.2) is 10.5 Å². The first-order valence-electron chi connectivity index (χ1n) is 11.4. The van der Waals surface area contributed by atoms with Crippen molar-refractivity contribution in [2.24, 2.45) is 5.92 Å². The van der Waals surface area contributed by atoms with E-state index in [1.54, 1.807) is 0 Å². The zero-order valence-corrected chi connectivity index (χ0v) is 17.6. The largest absolute Gasteiger partial charge is 0.550 e.